The van der Waals surface area contributed by atoms with Crippen LogP contribution in [0.15, 0.2) is 79.0 Å². The van der Waals surface area contributed by atoms with E-state index >= 15 is 0 Å². The van der Waals surface area contributed by atoms with Crippen LogP contribution in [0.4, 0.5) is 9.59 Å². The summed E-state index contributed by atoms with van der Waals surface area (Å²) in [6.07, 6.45) is 1.83. The monoisotopic (exact) mass is 840 g/mol. The Morgan fingerprint density at radius 1 is 0.871 bits per heavy atom. The number of imidazole rings is 2. The fraction of sp³-hybridized carbons (Fsp3) is 0.348. The van der Waals surface area contributed by atoms with E-state index in [2.05, 4.69) is 68.7 Å². The number of ether oxygens (including phenoxy) is 4. The summed E-state index contributed by atoms with van der Waals surface area (Å²) in [7, 11) is 4.19. The molecule has 4 amide bonds. The van der Waals surface area contributed by atoms with Crippen molar-refractivity contribution in [2.75, 3.05) is 47.6 Å². The van der Waals surface area contributed by atoms with E-state index in [0.717, 1.165) is 61.9 Å². The number of amides is 4. The van der Waals surface area contributed by atoms with Crippen LogP contribution in [-0.2, 0) is 30.4 Å². The van der Waals surface area contributed by atoms with E-state index in [1.165, 1.54) is 14.2 Å². The van der Waals surface area contributed by atoms with Crippen LogP contribution in [0.25, 0.3) is 44.2 Å². The van der Waals surface area contributed by atoms with Crippen molar-refractivity contribution in [1.82, 2.24) is 40.4 Å². The maximum Gasteiger partial charge on any atom is 0.407 e. The summed E-state index contributed by atoms with van der Waals surface area (Å²) in [5, 5.41) is 7.21. The lowest BCUT2D eigenvalue weighted by atomic mass is 9.92. The molecule has 9 rings (SSSR count). The molecule has 0 unspecified atom stereocenters. The summed E-state index contributed by atoms with van der Waals surface area (Å²) < 4.78 is 21.5. The van der Waals surface area contributed by atoms with Crippen LogP contribution in [0.3, 0.4) is 0 Å². The molecule has 2 saturated heterocycles. The van der Waals surface area contributed by atoms with E-state index in [1.807, 2.05) is 36.4 Å². The molecular formula is C46H48N8O8. The van der Waals surface area contributed by atoms with Gasteiger partial charge in [-0.2, -0.15) is 0 Å². The smallest absolute Gasteiger partial charge is 0.407 e. The molecule has 0 saturated carbocycles. The van der Waals surface area contributed by atoms with E-state index < -0.39 is 18.2 Å². The number of aromatic amines is 2. The number of alkyl carbamates (subject to hydrolysis) is 2. The molecule has 2 aromatic heterocycles. The fourth-order valence-electron chi connectivity index (χ4n) is 9.25. The van der Waals surface area contributed by atoms with E-state index in [1.54, 1.807) is 23.1 Å². The Hall–Kier alpha value is -6.94. The third-order valence-electron chi connectivity index (χ3n) is 12.2. The first-order valence-electron chi connectivity index (χ1n) is 20.7. The minimum Gasteiger partial charge on any atom is -0.488 e. The topological polar surface area (TPSA) is 193 Å². The number of nitrogens with zero attached hydrogens (tertiary/aromatic N) is 4. The van der Waals surface area contributed by atoms with Crippen molar-refractivity contribution in [1.29, 1.82) is 0 Å². The lowest BCUT2D eigenvalue weighted by Crippen LogP contribution is -2.43. The zero-order valence-corrected chi connectivity index (χ0v) is 34.9. The molecule has 16 heteroatoms. The van der Waals surface area contributed by atoms with E-state index in [0.29, 0.717) is 49.9 Å². The average molecular weight is 841 g/mol. The normalized spacial score (nSPS) is 19.7. The van der Waals surface area contributed by atoms with Gasteiger partial charge < -0.3 is 49.3 Å². The van der Waals surface area contributed by atoms with Gasteiger partial charge in [0.2, 0.25) is 5.91 Å². The summed E-state index contributed by atoms with van der Waals surface area (Å²) in [5.41, 5.74) is 7.10. The molecule has 0 radical (unpaired) electrons. The first-order chi connectivity index (χ1) is 30.1. The molecule has 0 spiro atoms. The first kappa shape index (κ1) is 40.5. The molecule has 0 aliphatic carbocycles. The highest BCUT2D eigenvalue weighted by Crippen LogP contribution is 2.44. The number of aromatic nitrogens is 4. The summed E-state index contributed by atoms with van der Waals surface area (Å²) in [4.78, 5) is 71.8. The van der Waals surface area contributed by atoms with Crippen molar-refractivity contribution in [3.8, 4) is 28.1 Å². The maximum absolute atomic E-state index is 14.3. The van der Waals surface area contributed by atoms with Gasteiger partial charge in [0.15, 0.2) is 0 Å². The van der Waals surface area contributed by atoms with Gasteiger partial charge in [0, 0.05) is 37.1 Å². The highest BCUT2D eigenvalue weighted by atomic mass is 16.5. The zero-order chi connectivity index (χ0) is 43.1. The minimum atomic E-state index is -0.946. The SMILES string of the molecule is COC[C@H]1C[C@@H](c2ncc(-c3ccc4c(c3)COc3cc5c(ccc6nc([C@@H]7C[C@H](C)CN7C(=O)CNC(=O)OC)[nH]c65)cc3-4)[nH]2)N(C(=O)[C@H](NC(=O)OC)c2ccccc2)C1. The Balaban J connectivity index is 0.970. The zero-order valence-electron chi connectivity index (χ0n) is 34.9. The van der Waals surface area contributed by atoms with E-state index in [9.17, 15) is 19.2 Å². The van der Waals surface area contributed by atoms with Crippen LogP contribution in [0.1, 0.15) is 60.7 Å². The number of H-pyrrole nitrogens is 2. The Morgan fingerprint density at radius 2 is 1.68 bits per heavy atom. The van der Waals surface area contributed by atoms with Gasteiger partial charge in [-0.25, -0.2) is 19.6 Å². The highest BCUT2D eigenvalue weighted by Gasteiger charge is 2.41. The third kappa shape index (κ3) is 7.66. The number of nitrogens with one attached hydrogen (secondary N) is 4. The number of carbonyl (C=O) groups excluding carboxylic acids is 4. The van der Waals surface area contributed by atoms with Crippen molar-refractivity contribution < 1.29 is 38.1 Å². The minimum absolute atomic E-state index is 0.0702. The number of carbonyl (C=O) groups is 4. The maximum atomic E-state index is 14.3. The average Bonchev–Trinajstić information content (AvgIpc) is 4.12. The number of benzene rings is 4. The largest absolute Gasteiger partial charge is 0.488 e. The van der Waals surface area contributed by atoms with Gasteiger partial charge in [0.25, 0.3) is 5.91 Å². The number of methoxy groups -OCH3 is 3. The molecule has 320 valence electrons. The highest BCUT2D eigenvalue weighted by molar-refractivity contribution is 6.07. The van der Waals surface area contributed by atoms with Crippen LogP contribution < -0.4 is 15.4 Å². The molecule has 16 nitrogen and oxygen atoms in total. The van der Waals surface area contributed by atoms with Crippen LogP contribution in [-0.4, -0.2) is 101 Å². The summed E-state index contributed by atoms with van der Waals surface area (Å²) in [6.45, 7) is 3.79. The van der Waals surface area contributed by atoms with Crippen LogP contribution in [0.5, 0.6) is 5.75 Å². The third-order valence-corrected chi connectivity index (χ3v) is 12.2. The molecule has 5 heterocycles. The Labute approximate surface area is 357 Å². The molecule has 0 bridgehead atoms. The molecule has 6 aromatic rings. The lowest BCUT2D eigenvalue weighted by molar-refractivity contribution is -0.135. The number of hydrogen-bond donors (Lipinski definition) is 4. The Morgan fingerprint density at radius 3 is 2.47 bits per heavy atom. The molecule has 3 aliphatic rings. The summed E-state index contributed by atoms with van der Waals surface area (Å²) in [5.74, 6) is 1.99. The van der Waals surface area contributed by atoms with Crippen LogP contribution in [0, 0.1) is 11.8 Å². The van der Waals surface area contributed by atoms with Crippen molar-refractivity contribution in [3.63, 3.8) is 0 Å². The van der Waals surface area contributed by atoms with Crippen LogP contribution >= 0.6 is 0 Å². The fourth-order valence-corrected chi connectivity index (χ4v) is 9.25. The second-order valence-electron chi connectivity index (χ2n) is 16.3. The van der Waals surface area contributed by atoms with Gasteiger partial charge in [-0.3, -0.25) is 9.59 Å². The molecule has 3 aliphatic heterocycles. The number of fused-ring (bicyclic) bond motifs is 6. The van der Waals surface area contributed by atoms with Gasteiger partial charge in [-0.15, -0.1) is 0 Å². The van der Waals surface area contributed by atoms with E-state index in [4.69, 9.17) is 24.2 Å². The predicted octanol–water partition coefficient (Wildman–Crippen LogP) is 6.56. The van der Waals surface area contributed by atoms with Gasteiger partial charge in [0.1, 0.15) is 36.6 Å². The van der Waals surface area contributed by atoms with Gasteiger partial charge >= 0.3 is 12.2 Å². The quantitative estimate of drug-likeness (QED) is 0.117. The second kappa shape index (κ2) is 16.8. The molecular weight excluding hydrogens is 793 g/mol. The summed E-state index contributed by atoms with van der Waals surface area (Å²) in [6, 6.07) is 22.1. The van der Waals surface area contributed by atoms with Gasteiger partial charge in [-0.05, 0) is 70.7 Å². The van der Waals surface area contributed by atoms with Crippen molar-refractivity contribution >= 4 is 45.8 Å². The lowest BCUT2D eigenvalue weighted by Gasteiger charge is -2.28. The van der Waals surface area contributed by atoms with Crippen molar-refractivity contribution in [2.24, 2.45) is 11.8 Å². The summed E-state index contributed by atoms with van der Waals surface area (Å²) >= 11 is 0. The molecule has 4 aromatic carbocycles. The standard InChI is InChI=1S/C46H48N8O8/c1-25-14-36(53(21-25)39(55)20-48-45(57)60-3)43-49-34-13-11-28-17-33-31-12-10-29(16-30(31)24-62-38(33)18-32(28)41(34)51-43)35-19-47-42(50-35)37-15-26(23-59-2)22-54(37)44(56)40(52-46(58)61-4)27-8-6-5-7-9-27/h5-13,16-19,25-26,36-37,40H,14-15,20-24H2,1-4H3,(H,47,50)(H,48,57)(H,49,51)(H,52,58)/t25-,26-,36-,37-,40+/m0/s1. The van der Waals surface area contributed by atoms with E-state index in [-0.39, 0.29) is 42.3 Å². The number of likely N-dealkylation sites (tertiary alicyclic amines) is 2. The van der Waals surface area contributed by atoms with Crippen molar-refractivity contribution in [2.45, 2.75) is 44.5 Å². The molecule has 62 heavy (non-hydrogen) atoms. The Kier molecular flexibility index (Phi) is 11.0. The molecule has 5 atom stereocenters. The van der Waals surface area contributed by atoms with Crippen molar-refractivity contribution in [3.05, 3.63) is 102 Å². The van der Waals surface area contributed by atoms with Gasteiger partial charge in [-0.1, -0.05) is 55.5 Å². The predicted molar refractivity (Wildman–Crippen MR) is 229 cm³/mol. The van der Waals surface area contributed by atoms with Crippen LogP contribution in [0.2, 0.25) is 0 Å². The molecule has 2 fully saturated rings. The number of rotatable bonds is 10. The number of hydrogen-bond acceptors (Lipinski definition) is 10. The van der Waals surface area contributed by atoms with Gasteiger partial charge in [0.05, 0.1) is 55.8 Å². The second-order valence-corrected chi connectivity index (χ2v) is 16.3. The Bertz CT molecular complexity index is 2680. The molecule has 4 N–H and O–H groups in total. The first-order valence-corrected chi connectivity index (χ1v) is 20.7.